The third kappa shape index (κ3) is 3.28. The highest BCUT2D eigenvalue weighted by Gasteiger charge is 2.19. The number of benzene rings is 2. The summed E-state index contributed by atoms with van der Waals surface area (Å²) in [4.78, 5) is 14.1. The van der Waals surface area contributed by atoms with Crippen LogP contribution in [0.15, 0.2) is 48.5 Å². The summed E-state index contributed by atoms with van der Waals surface area (Å²) in [6.07, 6.45) is 0. The molecular formula is C16H15ClN2O2. The minimum atomic E-state index is -0.155. The predicted molar refractivity (Wildman–Crippen MR) is 82.8 cm³/mol. The molecule has 1 heterocycles. The van der Waals surface area contributed by atoms with E-state index in [9.17, 15) is 4.79 Å². The summed E-state index contributed by atoms with van der Waals surface area (Å²) < 4.78 is 5.66. The molecule has 21 heavy (non-hydrogen) atoms. The maximum atomic E-state index is 12.4. The van der Waals surface area contributed by atoms with Crippen molar-refractivity contribution in [3.8, 4) is 5.75 Å². The Bertz CT molecular complexity index is 660. The highest BCUT2D eigenvalue weighted by molar-refractivity contribution is 6.30. The van der Waals surface area contributed by atoms with Crippen molar-refractivity contribution < 1.29 is 9.53 Å². The number of hydrogen-bond acceptors (Lipinski definition) is 2. The van der Waals surface area contributed by atoms with E-state index in [2.05, 4.69) is 5.32 Å². The molecule has 1 aliphatic rings. The highest BCUT2D eigenvalue weighted by Crippen LogP contribution is 2.23. The quantitative estimate of drug-likeness (QED) is 0.871. The highest BCUT2D eigenvalue weighted by atomic mass is 35.5. The number of amides is 2. The van der Waals surface area contributed by atoms with Crippen LogP contribution in [0.1, 0.15) is 5.56 Å². The van der Waals surface area contributed by atoms with Crippen molar-refractivity contribution in [2.75, 3.05) is 18.5 Å². The number of rotatable bonds is 1. The SMILES string of the molecule is O=C(Nc1cccc(Cl)c1)N1CCOc2ccccc2C1. The van der Waals surface area contributed by atoms with Gasteiger partial charge in [-0.25, -0.2) is 4.79 Å². The van der Waals surface area contributed by atoms with Crippen molar-refractivity contribution in [2.45, 2.75) is 6.54 Å². The van der Waals surface area contributed by atoms with Crippen molar-refractivity contribution in [3.63, 3.8) is 0 Å². The number of anilines is 1. The van der Waals surface area contributed by atoms with Gasteiger partial charge in [-0.05, 0) is 24.3 Å². The van der Waals surface area contributed by atoms with Crippen molar-refractivity contribution in [3.05, 3.63) is 59.1 Å². The van der Waals surface area contributed by atoms with E-state index in [0.717, 1.165) is 11.3 Å². The van der Waals surface area contributed by atoms with Crippen molar-refractivity contribution in [2.24, 2.45) is 0 Å². The van der Waals surface area contributed by atoms with Crippen LogP contribution in [0.3, 0.4) is 0 Å². The minimum Gasteiger partial charge on any atom is -0.491 e. The van der Waals surface area contributed by atoms with Crippen LogP contribution >= 0.6 is 11.6 Å². The lowest BCUT2D eigenvalue weighted by Gasteiger charge is -2.20. The number of carbonyl (C=O) groups excluding carboxylic acids is 1. The molecule has 4 nitrogen and oxygen atoms in total. The number of ether oxygens (including phenoxy) is 1. The Balaban J connectivity index is 1.73. The molecule has 0 aliphatic carbocycles. The van der Waals surface area contributed by atoms with E-state index in [-0.39, 0.29) is 6.03 Å². The van der Waals surface area contributed by atoms with Gasteiger partial charge in [0.25, 0.3) is 0 Å². The Morgan fingerprint density at radius 2 is 2.05 bits per heavy atom. The maximum absolute atomic E-state index is 12.4. The van der Waals surface area contributed by atoms with Gasteiger partial charge in [-0.3, -0.25) is 0 Å². The minimum absolute atomic E-state index is 0.155. The summed E-state index contributed by atoms with van der Waals surface area (Å²) >= 11 is 5.92. The van der Waals surface area contributed by atoms with Gasteiger partial charge in [0.1, 0.15) is 12.4 Å². The maximum Gasteiger partial charge on any atom is 0.322 e. The molecule has 0 bridgehead atoms. The molecular weight excluding hydrogens is 288 g/mol. The smallest absolute Gasteiger partial charge is 0.322 e. The number of nitrogens with one attached hydrogen (secondary N) is 1. The number of hydrogen-bond donors (Lipinski definition) is 1. The Morgan fingerprint density at radius 3 is 2.90 bits per heavy atom. The molecule has 2 aromatic carbocycles. The molecule has 0 aromatic heterocycles. The lowest BCUT2D eigenvalue weighted by molar-refractivity contribution is 0.200. The number of para-hydroxylation sites is 1. The van der Waals surface area contributed by atoms with E-state index in [1.165, 1.54) is 0 Å². The average molecular weight is 303 g/mol. The number of fused-ring (bicyclic) bond motifs is 1. The number of urea groups is 1. The molecule has 0 atom stereocenters. The molecule has 2 aromatic rings. The first-order chi connectivity index (χ1) is 10.2. The molecule has 0 fully saturated rings. The zero-order chi connectivity index (χ0) is 14.7. The van der Waals surface area contributed by atoms with Gasteiger partial charge in [0, 0.05) is 16.3 Å². The summed E-state index contributed by atoms with van der Waals surface area (Å²) in [5.74, 6) is 0.843. The van der Waals surface area contributed by atoms with Crippen LogP contribution in [0, 0.1) is 0 Å². The topological polar surface area (TPSA) is 41.6 Å². The van der Waals surface area contributed by atoms with Gasteiger partial charge < -0.3 is 15.0 Å². The fourth-order valence-corrected chi connectivity index (χ4v) is 2.46. The fraction of sp³-hybridized carbons (Fsp3) is 0.188. The van der Waals surface area contributed by atoms with Gasteiger partial charge >= 0.3 is 6.03 Å². The van der Waals surface area contributed by atoms with E-state index in [0.29, 0.717) is 30.4 Å². The van der Waals surface area contributed by atoms with Crippen LogP contribution in [0.2, 0.25) is 5.02 Å². The molecule has 1 aliphatic heterocycles. The molecule has 0 saturated carbocycles. The second kappa shape index (κ2) is 6.06. The molecule has 0 saturated heterocycles. The fourth-order valence-electron chi connectivity index (χ4n) is 2.27. The molecule has 0 spiro atoms. The Labute approximate surface area is 128 Å². The first-order valence-electron chi connectivity index (χ1n) is 6.74. The third-order valence-corrected chi connectivity index (χ3v) is 3.55. The first-order valence-corrected chi connectivity index (χ1v) is 7.12. The first kappa shape index (κ1) is 13.8. The molecule has 5 heteroatoms. The Hall–Kier alpha value is -2.20. The monoisotopic (exact) mass is 302 g/mol. The van der Waals surface area contributed by atoms with Crippen molar-refractivity contribution in [1.82, 2.24) is 4.90 Å². The van der Waals surface area contributed by atoms with Gasteiger partial charge in [0.15, 0.2) is 0 Å². The summed E-state index contributed by atoms with van der Waals surface area (Å²) in [7, 11) is 0. The predicted octanol–water partition coefficient (Wildman–Crippen LogP) is 3.77. The van der Waals surface area contributed by atoms with E-state index in [1.807, 2.05) is 30.3 Å². The van der Waals surface area contributed by atoms with Gasteiger partial charge in [0.2, 0.25) is 0 Å². The van der Waals surface area contributed by atoms with E-state index in [1.54, 1.807) is 23.1 Å². The number of halogens is 1. The number of nitrogens with zero attached hydrogens (tertiary/aromatic N) is 1. The molecule has 1 N–H and O–H groups in total. The second-order valence-corrected chi connectivity index (χ2v) is 5.25. The zero-order valence-electron chi connectivity index (χ0n) is 11.4. The van der Waals surface area contributed by atoms with Gasteiger partial charge in [-0.2, -0.15) is 0 Å². The summed E-state index contributed by atoms with van der Waals surface area (Å²) in [5, 5.41) is 3.45. The van der Waals surface area contributed by atoms with Crippen LogP contribution < -0.4 is 10.1 Å². The summed E-state index contributed by atoms with van der Waals surface area (Å²) in [6.45, 7) is 1.56. The van der Waals surface area contributed by atoms with Crippen molar-refractivity contribution >= 4 is 23.3 Å². The van der Waals surface area contributed by atoms with E-state index < -0.39 is 0 Å². The standard InChI is InChI=1S/C16H15ClN2O2/c17-13-5-3-6-14(10-13)18-16(20)19-8-9-21-15-7-2-1-4-12(15)11-19/h1-7,10H,8-9,11H2,(H,18,20). The molecule has 0 radical (unpaired) electrons. The molecule has 3 rings (SSSR count). The van der Waals surface area contributed by atoms with Crippen LogP contribution in [-0.2, 0) is 6.54 Å². The van der Waals surface area contributed by atoms with Crippen LogP contribution in [0.5, 0.6) is 5.75 Å². The Morgan fingerprint density at radius 1 is 1.19 bits per heavy atom. The number of carbonyl (C=O) groups is 1. The van der Waals surface area contributed by atoms with Crippen molar-refractivity contribution in [1.29, 1.82) is 0 Å². The molecule has 0 unspecified atom stereocenters. The van der Waals surface area contributed by atoms with E-state index >= 15 is 0 Å². The zero-order valence-corrected chi connectivity index (χ0v) is 12.1. The van der Waals surface area contributed by atoms with Gasteiger partial charge in [0.05, 0.1) is 13.1 Å². The van der Waals surface area contributed by atoms with Gasteiger partial charge in [-0.1, -0.05) is 35.9 Å². The van der Waals surface area contributed by atoms with Crippen LogP contribution in [0.25, 0.3) is 0 Å². The summed E-state index contributed by atoms with van der Waals surface area (Å²) in [6, 6.07) is 14.7. The van der Waals surface area contributed by atoms with Crippen LogP contribution in [0.4, 0.5) is 10.5 Å². The van der Waals surface area contributed by atoms with Gasteiger partial charge in [-0.15, -0.1) is 0 Å². The molecule has 108 valence electrons. The lowest BCUT2D eigenvalue weighted by atomic mass is 10.2. The summed E-state index contributed by atoms with van der Waals surface area (Å²) in [5.41, 5.74) is 1.70. The largest absolute Gasteiger partial charge is 0.491 e. The normalized spacial score (nSPS) is 13.9. The lowest BCUT2D eigenvalue weighted by Crippen LogP contribution is -2.36. The van der Waals surface area contributed by atoms with Crippen LogP contribution in [-0.4, -0.2) is 24.1 Å². The van der Waals surface area contributed by atoms with E-state index in [4.69, 9.17) is 16.3 Å². The third-order valence-electron chi connectivity index (χ3n) is 3.32. The Kier molecular flexibility index (Phi) is 3.97. The molecule has 2 amide bonds. The average Bonchev–Trinajstić information content (AvgIpc) is 2.69. The second-order valence-electron chi connectivity index (χ2n) is 4.82.